The molecule has 6 nitrogen and oxygen atoms in total. The van der Waals surface area contributed by atoms with Gasteiger partial charge in [-0.2, -0.15) is 0 Å². The summed E-state index contributed by atoms with van der Waals surface area (Å²) >= 11 is 0. The molecule has 6 heteroatoms. The summed E-state index contributed by atoms with van der Waals surface area (Å²) in [4.78, 5) is 26.5. The highest BCUT2D eigenvalue weighted by molar-refractivity contribution is 5.91. The van der Waals surface area contributed by atoms with E-state index in [-0.39, 0.29) is 29.8 Å². The van der Waals surface area contributed by atoms with Crippen LogP contribution in [0.2, 0.25) is 0 Å². The van der Waals surface area contributed by atoms with Crippen LogP contribution in [0, 0.1) is 17.8 Å². The fourth-order valence-corrected chi connectivity index (χ4v) is 9.30. The Labute approximate surface area is 265 Å². The number of methoxy groups -OCH3 is 1. The Balaban J connectivity index is 1.38. The molecule has 2 fully saturated rings. The quantitative estimate of drug-likeness (QED) is 0.189. The number of H-pyrrole nitrogens is 2. The van der Waals surface area contributed by atoms with Gasteiger partial charge in [-0.25, -0.2) is 0 Å². The lowest BCUT2D eigenvalue weighted by Crippen LogP contribution is -2.53. The highest BCUT2D eigenvalue weighted by Crippen LogP contribution is 2.49. The minimum absolute atomic E-state index is 0.0818. The Hall–Kier alpha value is -3.87. The van der Waals surface area contributed by atoms with Crippen molar-refractivity contribution in [3.8, 4) is 0 Å². The maximum Gasteiger partial charge on any atom is 0.310 e. The number of aromatic nitrogens is 2. The smallest absolute Gasteiger partial charge is 0.310 e. The zero-order valence-corrected chi connectivity index (χ0v) is 26.9. The molecular formula is C39H44N4O2. The molecule has 45 heavy (non-hydrogen) atoms. The van der Waals surface area contributed by atoms with Gasteiger partial charge in [0.05, 0.1) is 13.0 Å². The van der Waals surface area contributed by atoms with Gasteiger partial charge in [0.2, 0.25) is 0 Å². The molecule has 2 aromatic carbocycles. The van der Waals surface area contributed by atoms with Gasteiger partial charge in [-0.1, -0.05) is 65.8 Å². The number of piperidine rings is 2. The fourth-order valence-electron chi connectivity index (χ4n) is 9.30. The van der Waals surface area contributed by atoms with Crippen LogP contribution in [-0.4, -0.2) is 65.6 Å². The summed E-state index contributed by atoms with van der Waals surface area (Å²) in [5.41, 5.74) is 12.0. The van der Waals surface area contributed by atoms with E-state index < -0.39 is 0 Å². The van der Waals surface area contributed by atoms with Crippen LogP contribution in [0.3, 0.4) is 0 Å². The fraction of sp³-hybridized carbons (Fsp3) is 0.410. The van der Waals surface area contributed by atoms with Gasteiger partial charge in [0.1, 0.15) is 0 Å². The first-order valence-corrected chi connectivity index (χ1v) is 16.7. The Bertz CT molecular complexity index is 1890. The number of aromatic amines is 2. The highest BCUT2D eigenvalue weighted by atomic mass is 16.5. The maximum atomic E-state index is 13.7. The van der Waals surface area contributed by atoms with Crippen molar-refractivity contribution in [3.05, 3.63) is 100 Å². The minimum Gasteiger partial charge on any atom is -0.469 e. The van der Waals surface area contributed by atoms with E-state index in [9.17, 15) is 4.79 Å². The number of ether oxygens (including phenoxy) is 1. The van der Waals surface area contributed by atoms with Crippen molar-refractivity contribution in [2.24, 2.45) is 17.8 Å². The summed E-state index contributed by atoms with van der Waals surface area (Å²) in [6, 6.07) is 17.6. The number of benzene rings is 2. The molecule has 2 aromatic heterocycles. The number of likely N-dealkylation sites (tertiary alicyclic amines) is 1. The number of carbonyl (C=O) groups is 1. The number of fused-ring (bicyclic) bond motifs is 8. The summed E-state index contributed by atoms with van der Waals surface area (Å²) in [6.45, 7) is 8.30. The SMILES string of the molecule is CC=C1CN2CCC1C(=CC1CC3C(=CC)CN(C)C(Cc4c1[nH]c1ccccc41)C3C(=O)OC)c1[nH]c3ccccc3c1C2. The number of rotatable bonds is 2. The van der Waals surface area contributed by atoms with Crippen molar-refractivity contribution in [2.75, 3.05) is 33.8 Å². The van der Waals surface area contributed by atoms with Crippen molar-refractivity contribution >= 4 is 33.3 Å². The lowest BCUT2D eigenvalue weighted by molar-refractivity contribution is -0.151. The summed E-state index contributed by atoms with van der Waals surface area (Å²) < 4.78 is 5.55. The molecule has 2 N–H and O–H groups in total. The van der Waals surface area contributed by atoms with E-state index in [1.807, 2.05) is 0 Å². The van der Waals surface area contributed by atoms with Crippen LogP contribution in [-0.2, 0) is 22.5 Å². The van der Waals surface area contributed by atoms with Gasteiger partial charge in [0.15, 0.2) is 0 Å². The van der Waals surface area contributed by atoms with E-state index in [4.69, 9.17) is 4.74 Å². The van der Waals surface area contributed by atoms with Crippen LogP contribution in [0.5, 0.6) is 0 Å². The summed E-state index contributed by atoms with van der Waals surface area (Å²) in [7, 11) is 3.73. The normalized spacial score (nSPS) is 31.1. The molecule has 0 radical (unpaired) electrons. The van der Waals surface area contributed by atoms with Crippen LogP contribution in [0.1, 0.15) is 55.1 Å². The summed E-state index contributed by atoms with van der Waals surface area (Å²) in [5, 5.41) is 2.60. The third-order valence-corrected chi connectivity index (χ3v) is 11.5. The zero-order valence-electron chi connectivity index (χ0n) is 26.9. The second-order valence-electron chi connectivity index (χ2n) is 13.7. The molecule has 4 bridgehead atoms. The van der Waals surface area contributed by atoms with Crippen LogP contribution in [0.15, 0.2) is 77.9 Å². The topological polar surface area (TPSA) is 64.4 Å². The van der Waals surface area contributed by atoms with Crippen molar-refractivity contribution in [3.63, 3.8) is 0 Å². The van der Waals surface area contributed by atoms with Crippen molar-refractivity contribution in [1.29, 1.82) is 0 Å². The number of nitrogens with one attached hydrogen (secondary N) is 2. The molecule has 4 aromatic rings. The third kappa shape index (κ3) is 4.56. The number of para-hydroxylation sites is 2. The van der Waals surface area contributed by atoms with E-state index in [2.05, 4.69) is 107 Å². The van der Waals surface area contributed by atoms with Crippen molar-refractivity contribution < 1.29 is 9.53 Å². The Kier molecular flexibility index (Phi) is 7.10. The molecule has 4 aliphatic heterocycles. The lowest BCUT2D eigenvalue weighted by atomic mass is 9.67. The molecular weight excluding hydrogens is 556 g/mol. The molecule has 6 heterocycles. The Morgan fingerprint density at radius 3 is 2.36 bits per heavy atom. The number of hydrogen-bond donors (Lipinski definition) is 2. The number of nitrogens with zero attached hydrogens (tertiary/aromatic N) is 2. The van der Waals surface area contributed by atoms with E-state index in [0.29, 0.717) is 5.92 Å². The van der Waals surface area contributed by atoms with E-state index in [1.165, 1.54) is 61.0 Å². The van der Waals surface area contributed by atoms with Gasteiger partial charge in [0.25, 0.3) is 0 Å². The number of esters is 1. The van der Waals surface area contributed by atoms with E-state index in [1.54, 1.807) is 7.11 Å². The molecule has 5 aliphatic rings. The summed E-state index contributed by atoms with van der Waals surface area (Å²) in [6.07, 6.45) is 10.0. The Morgan fingerprint density at radius 2 is 1.62 bits per heavy atom. The number of hydrogen-bond acceptors (Lipinski definition) is 4. The first kappa shape index (κ1) is 28.6. The lowest BCUT2D eigenvalue weighted by Gasteiger charge is -2.46. The minimum atomic E-state index is -0.210. The molecule has 0 amide bonds. The van der Waals surface area contributed by atoms with Gasteiger partial charge >= 0.3 is 5.97 Å². The zero-order chi connectivity index (χ0) is 30.8. The number of carbonyl (C=O) groups excluding carboxylic acids is 1. The third-order valence-electron chi connectivity index (χ3n) is 11.5. The highest BCUT2D eigenvalue weighted by Gasteiger charge is 2.47. The molecule has 6 atom stereocenters. The average molecular weight is 601 g/mol. The molecule has 0 spiro atoms. The van der Waals surface area contributed by atoms with Crippen molar-refractivity contribution in [2.45, 2.75) is 51.6 Å². The second-order valence-corrected chi connectivity index (χ2v) is 13.7. The molecule has 9 rings (SSSR count). The number of allylic oxidation sites excluding steroid dienone is 4. The molecule has 1 aliphatic carbocycles. The standard InChI is InChI=1S/C39H44N4O2/c1-5-23-20-42(3)35-19-31-27-11-7-9-13-33(27)40-37(31)25(17-29(23)36(35)39(44)45-4)18-30-26-15-16-43(21-24(26)6-2)22-32-28-12-8-10-14-34(28)41-38(30)32/h5-14,18,25-26,29,35-36,40-41H,15-17,19-22H2,1-4H3. The van der Waals surface area contributed by atoms with Crippen LogP contribution < -0.4 is 0 Å². The average Bonchev–Trinajstić information content (AvgIpc) is 3.59. The first-order chi connectivity index (χ1) is 22.0. The molecule has 2 saturated heterocycles. The monoisotopic (exact) mass is 600 g/mol. The van der Waals surface area contributed by atoms with Gasteiger partial charge in [0, 0.05) is 70.7 Å². The largest absolute Gasteiger partial charge is 0.469 e. The van der Waals surface area contributed by atoms with Gasteiger partial charge in [-0.3, -0.25) is 14.6 Å². The van der Waals surface area contributed by atoms with Gasteiger partial charge in [-0.15, -0.1) is 0 Å². The predicted molar refractivity (Wildman–Crippen MR) is 182 cm³/mol. The van der Waals surface area contributed by atoms with Gasteiger partial charge in [-0.05, 0) is 81.5 Å². The van der Waals surface area contributed by atoms with Crippen LogP contribution in [0.25, 0.3) is 27.4 Å². The molecule has 0 saturated carbocycles. The van der Waals surface area contributed by atoms with E-state index in [0.717, 1.165) is 45.4 Å². The van der Waals surface area contributed by atoms with Crippen LogP contribution >= 0.6 is 0 Å². The summed E-state index contributed by atoms with van der Waals surface area (Å²) in [5.74, 6) is 0.299. The van der Waals surface area contributed by atoms with E-state index >= 15 is 0 Å². The second kappa shape index (κ2) is 11.2. The maximum absolute atomic E-state index is 13.7. The molecule has 232 valence electrons. The first-order valence-electron chi connectivity index (χ1n) is 16.7. The molecule has 6 unspecified atom stereocenters. The number of likely N-dealkylation sites (N-methyl/N-ethyl adjacent to an activating group) is 1. The van der Waals surface area contributed by atoms with Crippen molar-refractivity contribution in [1.82, 2.24) is 19.8 Å². The van der Waals surface area contributed by atoms with Gasteiger partial charge < -0.3 is 14.7 Å². The predicted octanol–water partition coefficient (Wildman–Crippen LogP) is 7.21. The van der Waals surface area contributed by atoms with Crippen LogP contribution in [0.4, 0.5) is 0 Å². The Morgan fingerprint density at radius 1 is 0.911 bits per heavy atom.